The molecule has 0 spiro atoms. The van der Waals surface area contributed by atoms with Crippen LogP contribution >= 0.6 is 11.6 Å². The van der Waals surface area contributed by atoms with E-state index in [0.29, 0.717) is 0 Å². The summed E-state index contributed by atoms with van der Waals surface area (Å²) in [6.07, 6.45) is -4.34. The van der Waals surface area contributed by atoms with Gasteiger partial charge in [-0.3, -0.25) is 9.59 Å². The lowest BCUT2D eigenvalue weighted by molar-refractivity contribution is -0.138. The second-order valence-electron chi connectivity index (χ2n) is 7.79. The summed E-state index contributed by atoms with van der Waals surface area (Å²) in [5.74, 6) is -3.31. The normalized spacial score (nSPS) is 17.9. The second kappa shape index (κ2) is 9.07. The third-order valence-electron chi connectivity index (χ3n) is 6.08. The molecule has 1 aliphatic rings. The second-order valence-corrected chi connectivity index (χ2v) is 8.23. The van der Waals surface area contributed by atoms with Crippen LogP contribution in [0.1, 0.15) is 58.1 Å². The Morgan fingerprint density at radius 1 is 1.16 bits per heavy atom. The van der Waals surface area contributed by atoms with Crippen LogP contribution in [-0.4, -0.2) is 21.8 Å². The molecule has 1 aromatic carbocycles. The number of Topliss-reactive ketones (excluding diaryl/α,β-unsaturated/α-hetero) is 2. The highest BCUT2D eigenvalue weighted by Gasteiger charge is 2.49. The van der Waals surface area contributed by atoms with Gasteiger partial charge in [-0.05, 0) is 43.4 Å². The predicted octanol–water partition coefficient (Wildman–Crippen LogP) is 6.53. The molecule has 1 aromatic rings. The summed E-state index contributed by atoms with van der Waals surface area (Å²) in [5, 5.41) is 21.2. The zero-order valence-electron chi connectivity index (χ0n) is 17.9. The van der Waals surface area contributed by atoms with Crippen molar-refractivity contribution in [2.45, 2.75) is 59.6 Å². The number of halogens is 4. The molecular weight excluding hydrogens is 433 g/mol. The van der Waals surface area contributed by atoms with Gasteiger partial charge in [-0.1, -0.05) is 45.4 Å². The highest BCUT2D eigenvalue weighted by Crippen LogP contribution is 2.45. The Morgan fingerprint density at radius 3 is 2.23 bits per heavy atom. The molecule has 1 aliphatic carbocycles. The van der Waals surface area contributed by atoms with E-state index in [2.05, 4.69) is 0 Å². The number of benzene rings is 1. The molecule has 8 heteroatoms. The Morgan fingerprint density at radius 2 is 1.74 bits per heavy atom. The van der Waals surface area contributed by atoms with Gasteiger partial charge in [0, 0.05) is 16.5 Å². The quantitative estimate of drug-likeness (QED) is 0.455. The minimum absolute atomic E-state index is 0.0817. The first-order chi connectivity index (χ1) is 14.3. The molecule has 4 nitrogen and oxygen atoms in total. The maximum Gasteiger partial charge on any atom is 0.416 e. The number of allylic oxidation sites excluding steroid dienone is 3. The van der Waals surface area contributed by atoms with Gasteiger partial charge in [0.2, 0.25) is 0 Å². The fourth-order valence-corrected chi connectivity index (χ4v) is 4.31. The van der Waals surface area contributed by atoms with Gasteiger partial charge in [-0.2, -0.15) is 13.2 Å². The zero-order chi connectivity index (χ0) is 23.7. The van der Waals surface area contributed by atoms with Gasteiger partial charge in [-0.15, -0.1) is 0 Å². The molecule has 0 aromatic heterocycles. The summed E-state index contributed by atoms with van der Waals surface area (Å²) in [4.78, 5) is 26.4. The summed E-state index contributed by atoms with van der Waals surface area (Å²) >= 11 is 5.71. The summed E-state index contributed by atoms with van der Waals surface area (Å²) in [6.45, 7) is 6.47. The van der Waals surface area contributed by atoms with E-state index in [1.807, 2.05) is 0 Å². The van der Waals surface area contributed by atoms with Crippen LogP contribution in [0.25, 0.3) is 0 Å². The van der Waals surface area contributed by atoms with Crippen LogP contribution < -0.4 is 0 Å². The Bertz CT molecular complexity index is 956. The minimum Gasteiger partial charge on any atom is -0.511 e. The lowest BCUT2D eigenvalue weighted by atomic mass is 9.67. The number of hydrogen-bond donors (Lipinski definition) is 2. The summed E-state index contributed by atoms with van der Waals surface area (Å²) < 4.78 is 40.2. The number of aliphatic hydroxyl groups is 2. The number of carbonyl (C=O) groups excluding carboxylic acids is 2. The van der Waals surface area contributed by atoms with Gasteiger partial charge in [0.1, 0.15) is 17.1 Å². The maximum atomic E-state index is 13.4. The lowest BCUT2D eigenvalue weighted by Gasteiger charge is -2.36. The molecule has 0 aliphatic heterocycles. The van der Waals surface area contributed by atoms with Crippen molar-refractivity contribution >= 4 is 23.2 Å². The van der Waals surface area contributed by atoms with Crippen molar-refractivity contribution in [1.29, 1.82) is 0 Å². The molecule has 1 atom stereocenters. The Balaban J connectivity index is 2.51. The Labute approximate surface area is 184 Å². The predicted molar refractivity (Wildman–Crippen MR) is 112 cm³/mol. The fraction of sp³-hybridized carbons (Fsp3) is 0.478. The van der Waals surface area contributed by atoms with E-state index in [-0.39, 0.29) is 47.6 Å². The molecule has 2 N–H and O–H groups in total. The third kappa shape index (κ3) is 4.38. The first-order valence-corrected chi connectivity index (χ1v) is 10.5. The molecule has 0 amide bonds. The molecule has 1 unspecified atom stereocenters. The van der Waals surface area contributed by atoms with Crippen LogP contribution in [0, 0.1) is 11.3 Å². The van der Waals surface area contributed by atoms with Crippen molar-refractivity contribution in [3.63, 3.8) is 0 Å². The van der Waals surface area contributed by atoms with Crippen LogP contribution in [0.3, 0.4) is 0 Å². The van der Waals surface area contributed by atoms with Crippen molar-refractivity contribution in [2.24, 2.45) is 11.3 Å². The minimum atomic E-state index is -4.66. The topological polar surface area (TPSA) is 74.6 Å². The molecule has 0 saturated heterocycles. The molecular formula is C23H26ClF3O4. The standard InChI is InChI=1S/C23H26ClF3O4/c1-5-15-19(29)17(21(31)22(6-2,7-3)20(15)30)18(28)12(4)10-13-8-9-14(24)11-16(13)23(25,26)27/h8-9,11-12,29-30H,5-7,10H2,1-4H3. The van der Waals surface area contributed by atoms with Gasteiger partial charge in [0.05, 0.1) is 11.0 Å². The number of alkyl halides is 3. The highest BCUT2D eigenvalue weighted by atomic mass is 35.5. The molecule has 31 heavy (non-hydrogen) atoms. The van der Waals surface area contributed by atoms with E-state index in [1.54, 1.807) is 20.8 Å². The monoisotopic (exact) mass is 458 g/mol. The van der Waals surface area contributed by atoms with E-state index in [1.165, 1.54) is 19.1 Å². The van der Waals surface area contributed by atoms with E-state index in [4.69, 9.17) is 11.6 Å². The van der Waals surface area contributed by atoms with Crippen LogP contribution in [0.5, 0.6) is 0 Å². The average molecular weight is 459 g/mol. The van der Waals surface area contributed by atoms with E-state index in [0.717, 1.165) is 6.07 Å². The molecule has 0 fully saturated rings. The Kier molecular flexibility index (Phi) is 7.31. The molecule has 170 valence electrons. The first-order valence-electron chi connectivity index (χ1n) is 10.2. The number of carbonyl (C=O) groups is 2. The van der Waals surface area contributed by atoms with E-state index < -0.39 is 46.0 Å². The van der Waals surface area contributed by atoms with Crippen LogP contribution in [0.15, 0.2) is 40.9 Å². The van der Waals surface area contributed by atoms with Crippen LogP contribution in [0.2, 0.25) is 5.02 Å². The van der Waals surface area contributed by atoms with Crippen molar-refractivity contribution in [3.8, 4) is 0 Å². The molecule has 0 heterocycles. The number of aliphatic hydroxyl groups excluding tert-OH is 2. The van der Waals surface area contributed by atoms with Crippen molar-refractivity contribution in [3.05, 3.63) is 57.0 Å². The van der Waals surface area contributed by atoms with Gasteiger partial charge >= 0.3 is 6.18 Å². The smallest absolute Gasteiger partial charge is 0.416 e. The van der Waals surface area contributed by atoms with E-state index >= 15 is 0 Å². The van der Waals surface area contributed by atoms with Gasteiger partial charge in [-0.25, -0.2) is 0 Å². The SMILES string of the molecule is CCC1=C(O)C(CC)(CC)C(=O)C(C(=O)C(C)Cc2ccc(Cl)cc2C(F)(F)F)=C1O. The van der Waals surface area contributed by atoms with Crippen LogP contribution in [0.4, 0.5) is 13.2 Å². The van der Waals surface area contributed by atoms with Gasteiger partial charge in [0.25, 0.3) is 0 Å². The maximum absolute atomic E-state index is 13.4. The lowest BCUT2D eigenvalue weighted by Crippen LogP contribution is -2.41. The van der Waals surface area contributed by atoms with E-state index in [9.17, 15) is 33.0 Å². The number of rotatable bonds is 7. The zero-order valence-corrected chi connectivity index (χ0v) is 18.6. The summed E-state index contributed by atoms with van der Waals surface area (Å²) in [7, 11) is 0. The van der Waals surface area contributed by atoms with Crippen molar-refractivity contribution < 1.29 is 33.0 Å². The molecule has 0 radical (unpaired) electrons. The van der Waals surface area contributed by atoms with Crippen molar-refractivity contribution in [1.82, 2.24) is 0 Å². The van der Waals surface area contributed by atoms with Crippen molar-refractivity contribution in [2.75, 3.05) is 0 Å². The Hall–Kier alpha value is -2.28. The largest absolute Gasteiger partial charge is 0.511 e. The number of hydrogen-bond acceptors (Lipinski definition) is 4. The number of ketones is 2. The molecule has 0 saturated carbocycles. The first kappa shape index (κ1) is 25.0. The van der Waals surface area contributed by atoms with Gasteiger partial charge < -0.3 is 10.2 Å². The summed E-state index contributed by atoms with van der Waals surface area (Å²) in [6, 6.07) is 3.31. The summed E-state index contributed by atoms with van der Waals surface area (Å²) in [5.41, 5.74) is -2.75. The molecule has 2 rings (SSSR count). The highest BCUT2D eigenvalue weighted by molar-refractivity contribution is 6.30. The fourth-order valence-electron chi connectivity index (χ4n) is 4.14. The third-order valence-corrected chi connectivity index (χ3v) is 6.32. The molecule has 0 bridgehead atoms. The van der Waals surface area contributed by atoms with Gasteiger partial charge in [0.15, 0.2) is 11.6 Å². The average Bonchev–Trinajstić information content (AvgIpc) is 2.69. The van der Waals surface area contributed by atoms with Crippen LogP contribution in [-0.2, 0) is 22.2 Å².